The molecule has 1 saturated carbocycles. The minimum atomic E-state index is -0.635. The van der Waals surface area contributed by atoms with E-state index in [1.54, 1.807) is 47.4 Å². The Morgan fingerprint density at radius 1 is 1.21 bits per heavy atom. The number of aliphatic hydroxyl groups excluding tert-OH is 1. The van der Waals surface area contributed by atoms with Crippen LogP contribution in [0, 0.1) is 0 Å². The van der Waals surface area contributed by atoms with E-state index in [1.807, 2.05) is 6.92 Å². The Balaban J connectivity index is 1.35. The molecule has 1 atom stereocenters. The molecule has 1 unspecified atom stereocenters. The number of ketones is 1. The summed E-state index contributed by atoms with van der Waals surface area (Å²) < 4.78 is 8.05. The van der Waals surface area contributed by atoms with E-state index in [0.29, 0.717) is 29.5 Å². The molecular weight excluding hydrogens is 454 g/mol. The van der Waals surface area contributed by atoms with E-state index < -0.39 is 6.10 Å². The molecule has 1 aromatic carbocycles. The van der Waals surface area contributed by atoms with Crippen molar-refractivity contribution >= 4 is 28.9 Å². The second kappa shape index (κ2) is 11.8. The van der Waals surface area contributed by atoms with Crippen molar-refractivity contribution in [1.29, 1.82) is 0 Å². The zero-order valence-corrected chi connectivity index (χ0v) is 20.6. The lowest BCUT2D eigenvalue weighted by Crippen LogP contribution is -2.21. The molecule has 1 aliphatic rings. The van der Waals surface area contributed by atoms with Gasteiger partial charge in [0.15, 0.2) is 10.9 Å². The number of hydrogen-bond acceptors (Lipinski definition) is 7. The summed E-state index contributed by atoms with van der Waals surface area (Å²) in [5.74, 6) is 2.25. The molecule has 0 spiro atoms. The number of ether oxygens (including phenoxy) is 1. The third-order valence-corrected chi connectivity index (χ3v) is 7.90. The number of carbonyl (C=O) groups is 1. The molecule has 0 bridgehead atoms. The van der Waals surface area contributed by atoms with Crippen molar-refractivity contribution in [2.24, 2.45) is 0 Å². The van der Waals surface area contributed by atoms with Gasteiger partial charge >= 0.3 is 0 Å². The number of nitrogens with zero attached hydrogens (tertiary/aromatic N) is 3. The van der Waals surface area contributed by atoms with Gasteiger partial charge in [0, 0.05) is 35.1 Å². The molecule has 1 fully saturated rings. The van der Waals surface area contributed by atoms with Gasteiger partial charge < -0.3 is 14.4 Å². The highest BCUT2D eigenvalue weighted by atomic mass is 32.2. The second-order valence-electron chi connectivity index (χ2n) is 8.39. The third-order valence-electron chi connectivity index (χ3n) is 5.93. The number of carbonyl (C=O) groups excluding carboxylic acids is 1. The molecular formula is C25H31N3O3S2. The van der Waals surface area contributed by atoms with Gasteiger partial charge in [-0.2, -0.15) is 0 Å². The van der Waals surface area contributed by atoms with Crippen LogP contribution >= 0.6 is 23.1 Å². The summed E-state index contributed by atoms with van der Waals surface area (Å²) in [6.45, 7) is 2.04. The molecule has 1 aliphatic carbocycles. The highest BCUT2D eigenvalue weighted by Crippen LogP contribution is 2.33. The molecule has 4 rings (SSSR count). The summed E-state index contributed by atoms with van der Waals surface area (Å²) in [4.78, 5) is 13.0. The molecule has 3 aromatic rings. The summed E-state index contributed by atoms with van der Waals surface area (Å²) in [6, 6.07) is 11.7. The van der Waals surface area contributed by atoms with Crippen LogP contribution in [0.15, 0.2) is 46.9 Å². The minimum Gasteiger partial charge on any atom is -0.491 e. The molecule has 2 aromatic heterocycles. The summed E-state index contributed by atoms with van der Waals surface area (Å²) in [6.07, 6.45) is 6.74. The number of aromatic nitrogens is 3. The third kappa shape index (κ3) is 6.46. The molecule has 6 nitrogen and oxygen atoms in total. The van der Waals surface area contributed by atoms with Crippen molar-refractivity contribution in [2.45, 2.75) is 69.2 Å². The molecule has 8 heteroatoms. The van der Waals surface area contributed by atoms with E-state index in [9.17, 15) is 9.90 Å². The topological polar surface area (TPSA) is 77.2 Å². The van der Waals surface area contributed by atoms with Gasteiger partial charge in [-0.05, 0) is 48.6 Å². The van der Waals surface area contributed by atoms with Gasteiger partial charge in [-0.15, -0.1) is 21.5 Å². The zero-order chi connectivity index (χ0) is 23.0. The first-order chi connectivity index (χ1) is 16.1. The van der Waals surface area contributed by atoms with Crippen molar-refractivity contribution in [3.63, 3.8) is 0 Å². The Morgan fingerprint density at radius 3 is 2.70 bits per heavy atom. The van der Waals surface area contributed by atoms with Crippen molar-refractivity contribution in [3.8, 4) is 5.75 Å². The van der Waals surface area contributed by atoms with Gasteiger partial charge in [-0.25, -0.2) is 0 Å². The van der Waals surface area contributed by atoms with Crippen LogP contribution in [0.3, 0.4) is 0 Å². The number of Topliss-reactive ketones (excluding diaryl/α,β-unsaturated/α-hetero) is 1. The van der Waals surface area contributed by atoms with Crippen LogP contribution in [-0.2, 0) is 6.42 Å². The van der Waals surface area contributed by atoms with Gasteiger partial charge in [0.1, 0.15) is 18.2 Å². The van der Waals surface area contributed by atoms with Gasteiger partial charge in [0.2, 0.25) is 0 Å². The number of rotatable bonds is 11. The SMILES string of the molecule is CCC(=O)c1ccc(OCC(O)CSc2nnc(Cc3cccs3)n2C2CCCCC2)cc1. The van der Waals surface area contributed by atoms with Gasteiger partial charge in [0.25, 0.3) is 0 Å². The van der Waals surface area contributed by atoms with E-state index in [2.05, 4.69) is 32.3 Å². The molecule has 2 heterocycles. The van der Waals surface area contributed by atoms with Crippen LogP contribution in [0.1, 0.15) is 72.6 Å². The van der Waals surface area contributed by atoms with Gasteiger partial charge in [0.05, 0.1) is 6.10 Å². The summed E-state index contributed by atoms with van der Waals surface area (Å²) in [5, 5.41) is 22.5. The lowest BCUT2D eigenvalue weighted by molar-refractivity contribution is 0.0987. The Hall–Kier alpha value is -2.16. The first kappa shape index (κ1) is 24.0. The van der Waals surface area contributed by atoms with Crippen LogP contribution in [0.5, 0.6) is 5.75 Å². The first-order valence-electron chi connectivity index (χ1n) is 11.7. The average molecular weight is 486 g/mol. The van der Waals surface area contributed by atoms with Crippen molar-refractivity contribution < 1.29 is 14.6 Å². The van der Waals surface area contributed by atoms with Crippen LogP contribution in [0.4, 0.5) is 0 Å². The Bertz CT molecular complexity index is 1010. The Morgan fingerprint density at radius 2 is 2.00 bits per heavy atom. The lowest BCUT2D eigenvalue weighted by atomic mass is 9.95. The van der Waals surface area contributed by atoms with E-state index in [1.165, 1.54) is 24.1 Å². The number of aliphatic hydroxyl groups is 1. The molecule has 1 N–H and O–H groups in total. The van der Waals surface area contributed by atoms with Crippen LogP contribution in [0.25, 0.3) is 0 Å². The van der Waals surface area contributed by atoms with Crippen molar-refractivity contribution in [1.82, 2.24) is 14.8 Å². The average Bonchev–Trinajstić information content (AvgIpc) is 3.52. The predicted molar refractivity (Wildman–Crippen MR) is 133 cm³/mol. The lowest BCUT2D eigenvalue weighted by Gasteiger charge is -2.25. The smallest absolute Gasteiger partial charge is 0.191 e. The molecule has 33 heavy (non-hydrogen) atoms. The molecule has 0 amide bonds. The standard InChI is InChI=1S/C25H31N3O3S2/c1-2-23(30)18-10-12-21(13-11-18)31-16-20(29)17-33-25-27-26-24(15-22-9-6-14-32-22)28(25)19-7-4-3-5-8-19/h6,9-14,19-20,29H,2-5,7-8,15-17H2,1H3. The van der Waals surface area contributed by atoms with E-state index in [4.69, 9.17) is 4.74 Å². The van der Waals surface area contributed by atoms with Gasteiger partial charge in [-0.1, -0.05) is 44.0 Å². The molecule has 176 valence electrons. The number of thioether (sulfide) groups is 1. The largest absolute Gasteiger partial charge is 0.491 e. The van der Waals surface area contributed by atoms with E-state index in [0.717, 1.165) is 30.2 Å². The fourth-order valence-electron chi connectivity index (χ4n) is 4.15. The monoisotopic (exact) mass is 485 g/mol. The Labute approximate surface area is 203 Å². The van der Waals surface area contributed by atoms with E-state index in [-0.39, 0.29) is 12.4 Å². The van der Waals surface area contributed by atoms with Crippen LogP contribution < -0.4 is 4.74 Å². The van der Waals surface area contributed by atoms with Gasteiger partial charge in [-0.3, -0.25) is 4.79 Å². The van der Waals surface area contributed by atoms with Crippen LogP contribution in [-0.4, -0.2) is 44.1 Å². The zero-order valence-electron chi connectivity index (χ0n) is 19.0. The quantitative estimate of drug-likeness (QED) is 0.283. The fraction of sp³-hybridized carbons (Fsp3) is 0.480. The highest BCUT2D eigenvalue weighted by Gasteiger charge is 2.24. The van der Waals surface area contributed by atoms with E-state index >= 15 is 0 Å². The normalized spacial score (nSPS) is 15.5. The molecule has 0 aliphatic heterocycles. The maximum atomic E-state index is 11.7. The summed E-state index contributed by atoms with van der Waals surface area (Å²) >= 11 is 3.29. The Kier molecular flexibility index (Phi) is 8.58. The summed E-state index contributed by atoms with van der Waals surface area (Å²) in [7, 11) is 0. The number of hydrogen-bond donors (Lipinski definition) is 1. The first-order valence-corrected chi connectivity index (χ1v) is 13.5. The van der Waals surface area contributed by atoms with Crippen molar-refractivity contribution in [3.05, 3.63) is 58.0 Å². The molecule has 0 radical (unpaired) electrons. The molecule has 0 saturated heterocycles. The van der Waals surface area contributed by atoms with Crippen LogP contribution in [0.2, 0.25) is 0 Å². The number of thiophene rings is 1. The maximum Gasteiger partial charge on any atom is 0.191 e. The number of benzene rings is 1. The highest BCUT2D eigenvalue weighted by molar-refractivity contribution is 7.99. The maximum absolute atomic E-state index is 11.7. The predicted octanol–water partition coefficient (Wildman–Crippen LogP) is 5.56. The fourth-order valence-corrected chi connectivity index (χ4v) is 5.79. The van der Waals surface area contributed by atoms with Crippen molar-refractivity contribution in [2.75, 3.05) is 12.4 Å². The minimum absolute atomic E-state index is 0.110. The second-order valence-corrected chi connectivity index (χ2v) is 10.4. The summed E-state index contributed by atoms with van der Waals surface area (Å²) in [5.41, 5.74) is 0.682.